The van der Waals surface area contributed by atoms with E-state index in [1.165, 1.54) is 11.4 Å². The topological polar surface area (TPSA) is 35.5 Å². The molecule has 2 rings (SSSR count). The van der Waals surface area contributed by atoms with Crippen LogP contribution in [0.2, 0.25) is 0 Å². The van der Waals surface area contributed by atoms with E-state index in [0.29, 0.717) is 0 Å². The van der Waals surface area contributed by atoms with Crippen LogP contribution in [0.25, 0.3) is 0 Å². The molecule has 0 saturated heterocycles. The first-order valence-corrected chi connectivity index (χ1v) is 6.36. The van der Waals surface area contributed by atoms with Crippen LogP contribution < -0.4 is 10.2 Å². The lowest BCUT2D eigenvalue weighted by molar-refractivity contribution is 0.0731. The molecule has 17 heavy (non-hydrogen) atoms. The first-order chi connectivity index (χ1) is 8.06. The highest BCUT2D eigenvalue weighted by Crippen LogP contribution is 2.28. The second kappa shape index (κ2) is 4.96. The van der Waals surface area contributed by atoms with Gasteiger partial charge in [0.1, 0.15) is 0 Å². The van der Waals surface area contributed by atoms with Crippen LogP contribution in [0.4, 0.5) is 11.4 Å². The molecule has 0 unspecified atom stereocenters. The highest BCUT2D eigenvalue weighted by atomic mass is 16.3. The number of rotatable bonds is 3. The molecule has 3 heteroatoms. The Labute approximate surface area is 103 Å². The number of hydrogen-bond acceptors (Lipinski definition) is 3. The minimum atomic E-state index is -0.589. The maximum atomic E-state index is 9.82. The summed E-state index contributed by atoms with van der Waals surface area (Å²) >= 11 is 0. The summed E-state index contributed by atoms with van der Waals surface area (Å²) in [5.41, 5.74) is 1.88. The van der Waals surface area contributed by atoms with Crippen LogP contribution in [0.3, 0.4) is 0 Å². The molecular weight excluding hydrogens is 212 g/mol. The lowest BCUT2D eigenvalue weighted by atomic mass is 10.1. The number of fused-ring (bicyclic) bond motifs is 1. The predicted octanol–water partition coefficient (Wildman–Crippen LogP) is 2.47. The zero-order valence-corrected chi connectivity index (χ0v) is 10.7. The molecule has 94 valence electrons. The van der Waals surface area contributed by atoms with E-state index in [4.69, 9.17) is 0 Å². The molecule has 1 aliphatic heterocycles. The minimum absolute atomic E-state index is 0.589. The maximum absolute atomic E-state index is 9.82. The zero-order valence-electron chi connectivity index (χ0n) is 10.7. The van der Waals surface area contributed by atoms with Crippen LogP contribution in [-0.4, -0.2) is 30.3 Å². The van der Waals surface area contributed by atoms with E-state index in [2.05, 4.69) is 34.5 Å². The summed E-state index contributed by atoms with van der Waals surface area (Å²) in [5.74, 6) is 0. The number of benzene rings is 1. The lowest BCUT2D eigenvalue weighted by Gasteiger charge is -2.27. The van der Waals surface area contributed by atoms with Crippen LogP contribution in [0.15, 0.2) is 24.3 Å². The van der Waals surface area contributed by atoms with Gasteiger partial charge in [0.15, 0.2) is 0 Å². The Balaban J connectivity index is 2.12. The fourth-order valence-corrected chi connectivity index (χ4v) is 2.15. The highest BCUT2D eigenvalue weighted by Gasteiger charge is 2.18. The van der Waals surface area contributed by atoms with Gasteiger partial charge in [0.2, 0.25) is 0 Å². The van der Waals surface area contributed by atoms with Gasteiger partial charge in [0.25, 0.3) is 0 Å². The van der Waals surface area contributed by atoms with Crippen molar-refractivity contribution < 1.29 is 5.11 Å². The van der Waals surface area contributed by atoms with E-state index in [1.807, 2.05) is 13.8 Å². The average Bonchev–Trinajstić information content (AvgIpc) is 2.47. The summed E-state index contributed by atoms with van der Waals surface area (Å²) in [5, 5.41) is 13.3. The predicted molar refractivity (Wildman–Crippen MR) is 72.7 cm³/mol. The van der Waals surface area contributed by atoms with E-state index in [0.717, 1.165) is 32.5 Å². The molecule has 0 spiro atoms. The van der Waals surface area contributed by atoms with Crippen LogP contribution in [0, 0.1) is 0 Å². The Hall–Kier alpha value is -1.22. The van der Waals surface area contributed by atoms with Gasteiger partial charge in [-0.2, -0.15) is 0 Å². The fraction of sp³-hybridized carbons (Fsp3) is 0.571. The van der Waals surface area contributed by atoms with Crippen molar-refractivity contribution >= 4 is 11.4 Å². The van der Waals surface area contributed by atoms with Gasteiger partial charge in [-0.3, -0.25) is 0 Å². The van der Waals surface area contributed by atoms with Crippen molar-refractivity contribution in [1.29, 1.82) is 0 Å². The SMILES string of the molecule is CC(C)(O)CCN1CCCNc2ccccc21. The Morgan fingerprint density at radius 3 is 2.88 bits per heavy atom. The largest absolute Gasteiger partial charge is 0.390 e. The third-order valence-corrected chi connectivity index (χ3v) is 3.16. The smallest absolute Gasteiger partial charge is 0.0608 e. The molecular formula is C14H22N2O. The van der Waals surface area contributed by atoms with E-state index in [-0.39, 0.29) is 0 Å². The third-order valence-electron chi connectivity index (χ3n) is 3.16. The van der Waals surface area contributed by atoms with E-state index in [9.17, 15) is 5.11 Å². The van der Waals surface area contributed by atoms with Gasteiger partial charge in [-0.25, -0.2) is 0 Å². The van der Waals surface area contributed by atoms with Crippen LogP contribution in [0.1, 0.15) is 26.7 Å². The van der Waals surface area contributed by atoms with Crippen molar-refractivity contribution in [2.24, 2.45) is 0 Å². The van der Waals surface area contributed by atoms with Gasteiger partial charge in [-0.1, -0.05) is 12.1 Å². The fourth-order valence-electron chi connectivity index (χ4n) is 2.15. The van der Waals surface area contributed by atoms with Crippen LogP contribution >= 0.6 is 0 Å². The summed E-state index contributed by atoms with van der Waals surface area (Å²) in [4.78, 5) is 2.37. The molecule has 1 aromatic carbocycles. The minimum Gasteiger partial charge on any atom is -0.390 e. The summed E-state index contributed by atoms with van der Waals surface area (Å²) in [6.07, 6.45) is 1.93. The molecule has 1 aromatic rings. The Bertz CT molecular complexity index is 371. The molecule has 2 N–H and O–H groups in total. The molecule has 0 saturated carbocycles. The van der Waals surface area contributed by atoms with E-state index < -0.39 is 5.60 Å². The van der Waals surface area contributed by atoms with Crippen LogP contribution in [-0.2, 0) is 0 Å². The number of nitrogens with zero attached hydrogens (tertiary/aromatic N) is 1. The number of nitrogens with one attached hydrogen (secondary N) is 1. The normalized spacial score (nSPS) is 16.1. The van der Waals surface area contributed by atoms with Crippen molar-refractivity contribution in [2.45, 2.75) is 32.3 Å². The van der Waals surface area contributed by atoms with E-state index in [1.54, 1.807) is 0 Å². The lowest BCUT2D eigenvalue weighted by Crippen LogP contribution is -2.31. The number of hydrogen-bond donors (Lipinski definition) is 2. The summed E-state index contributed by atoms with van der Waals surface area (Å²) in [7, 11) is 0. The van der Waals surface area contributed by atoms with Gasteiger partial charge in [0, 0.05) is 19.6 Å². The number of para-hydroxylation sites is 2. The summed E-state index contributed by atoms with van der Waals surface area (Å²) in [6, 6.07) is 8.41. The monoisotopic (exact) mass is 234 g/mol. The first kappa shape index (κ1) is 12.2. The first-order valence-electron chi connectivity index (χ1n) is 6.36. The molecule has 1 aliphatic rings. The van der Waals surface area contributed by atoms with Gasteiger partial charge >= 0.3 is 0 Å². The highest BCUT2D eigenvalue weighted by molar-refractivity contribution is 5.70. The van der Waals surface area contributed by atoms with Crippen molar-refractivity contribution in [3.63, 3.8) is 0 Å². The summed E-state index contributed by atoms with van der Waals surface area (Å²) in [6.45, 7) is 6.72. The molecule has 0 fully saturated rings. The van der Waals surface area contributed by atoms with Crippen molar-refractivity contribution in [3.8, 4) is 0 Å². The second-order valence-corrected chi connectivity index (χ2v) is 5.35. The quantitative estimate of drug-likeness (QED) is 0.843. The Morgan fingerprint density at radius 2 is 2.12 bits per heavy atom. The second-order valence-electron chi connectivity index (χ2n) is 5.35. The average molecular weight is 234 g/mol. The molecule has 3 nitrogen and oxygen atoms in total. The Morgan fingerprint density at radius 1 is 1.35 bits per heavy atom. The number of anilines is 2. The third kappa shape index (κ3) is 3.37. The van der Waals surface area contributed by atoms with Gasteiger partial charge in [-0.05, 0) is 38.8 Å². The Kier molecular flexibility index (Phi) is 3.57. The molecule has 0 aliphatic carbocycles. The molecule has 0 amide bonds. The van der Waals surface area contributed by atoms with Gasteiger partial charge in [0.05, 0.1) is 17.0 Å². The molecule has 0 bridgehead atoms. The molecule has 0 atom stereocenters. The molecule has 0 radical (unpaired) electrons. The van der Waals surface area contributed by atoms with Crippen molar-refractivity contribution in [2.75, 3.05) is 29.9 Å². The van der Waals surface area contributed by atoms with Crippen molar-refractivity contribution in [1.82, 2.24) is 0 Å². The van der Waals surface area contributed by atoms with Gasteiger partial charge in [-0.15, -0.1) is 0 Å². The standard InChI is InChI=1S/C14H22N2O/c1-14(2,17)8-11-16-10-5-9-15-12-6-3-4-7-13(12)16/h3-4,6-7,15,17H,5,8-11H2,1-2H3. The van der Waals surface area contributed by atoms with Crippen LogP contribution in [0.5, 0.6) is 0 Å². The zero-order chi connectivity index (χ0) is 12.3. The number of aliphatic hydroxyl groups is 1. The summed E-state index contributed by atoms with van der Waals surface area (Å²) < 4.78 is 0. The molecule has 1 heterocycles. The maximum Gasteiger partial charge on any atom is 0.0608 e. The van der Waals surface area contributed by atoms with Crippen molar-refractivity contribution in [3.05, 3.63) is 24.3 Å². The molecule has 0 aromatic heterocycles. The van der Waals surface area contributed by atoms with E-state index >= 15 is 0 Å². The van der Waals surface area contributed by atoms with Gasteiger partial charge < -0.3 is 15.3 Å².